The van der Waals surface area contributed by atoms with Crippen LogP contribution in [0.5, 0.6) is 0 Å². The predicted octanol–water partition coefficient (Wildman–Crippen LogP) is 2.71. The SMILES string of the molecule is CC(CCCC(C)(C)O)CCNCC1(CO)CCC1. The summed E-state index contributed by atoms with van der Waals surface area (Å²) in [6.45, 7) is 8.40. The number of nitrogens with one attached hydrogen (secondary N) is 1. The Kier molecular flexibility index (Phi) is 6.78. The summed E-state index contributed by atoms with van der Waals surface area (Å²) in [5.41, 5.74) is -0.320. The highest BCUT2D eigenvalue weighted by atomic mass is 16.3. The fourth-order valence-corrected chi connectivity index (χ4v) is 2.80. The van der Waals surface area contributed by atoms with E-state index in [-0.39, 0.29) is 5.41 Å². The van der Waals surface area contributed by atoms with Gasteiger partial charge >= 0.3 is 0 Å². The standard InChI is InChI=1S/C16H33NO2/c1-14(6-4-8-15(2,3)19)7-11-17-12-16(13-18)9-5-10-16/h14,17-19H,4-13H2,1-3H3. The second kappa shape index (κ2) is 7.61. The van der Waals surface area contributed by atoms with Gasteiger partial charge in [-0.25, -0.2) is 0 Å². The molecule has 1 rings (SSSR count). The van der Waals surface area contributed by atoms with E-state index in [0.29, 0.717) is 12.5 Å². The summed E-state index contributed by atoms with van der Waals surface area (Å²) in [4.78, 5) is 0. The molecule has 0 aromatic carbocycles. The smallest absolute Gasteiger partial charge is 0.0591 e. The minimum Gasteiger partial charge on any atom is -0.396 e. The third-order valence-corrected chi connectivity index (χ3v) is 4.55. The van der Waals surface area contributed by atoms with Gasteiger partial charge in [-0.2, -0.15) is 0 Å². The Morgan fingerprint density at radius 3 is 2.42 bits per heavy atom. The molecule has 0 saturated heterocycles. The van der Waals surface area contributed by atoms with E-state index in [1.54, 1.807) is 0 Å². The van der Waals surface area contributed by atoms with Crippen molar-refractivity contribution in [2.75, 3.05) is 19.7 Å². The van der Waals surface area contributed by atoms with Crippen molar-refractivity contribution in [3.05, 3.63) is 0 Å². The Bertz CT molecular complexity index is 238. The topological polar surface area (TPSA) is 52.5 Å². The molecule has 0 aromatic rings. The molecule has 0 amide bonds. The van der Waals surface area contributed by atoms with E-state index in [1.165, 1.54) is 32.1 Å². The number of rotatable bonds is 10. The number of aliphatic hydroxyl groups excluding tert-OH is 1. The summed E-state index contributed by atoms with van der Waals surface area (Å²) in [6, 6.07) is 0. The molecule has 19 heavy (non-hydrogen) atoms. The summed E-state index contributed by atoms with van der Waals surface area (Å²) in [7, 11) is 0. The van der Waals surface area contributed by atoms with Gasteiger partial charge < -0.3 is 15.5 Å². The Hall–Kier alpha value is -0.120. The van der Waals surface area contributed by atoms with Crippen LogP contribution in [0, 0.1) is 11.3 Å². The van der Waals surface area contributed by atoms with Crippen LogP contribution in [0.4, 0.5) is 0 Å². The van der Waals surface area contributed by atoms with Crippen molar-refractivity contribution < 1.29 is 10.2 Å². The molecule has 0 aromatic heterocycles. The zero-order chi connectivity index (χ0) is 14.4. The van der Waals surface area contributed by atoms with E-state index >= 15 is 0 Å². The first-order valence-corrected chi connectivity index (χ1v) is 7.91. The lowest BCUT2D eigenvalue weighted by Gasteiger charge is -2.40. The van der Waals surface area contributed by atoms with Gasteiger partial charge in [0.05, 0.1) is 5.60 Å². The van der Waals surface area contributed by atoms with Crippen molar-refractivity contribution in [2.45, 2.75) is 71.3 Å². The van der Waals surface area contributed by atoms with Crippen molar-refractivity contribution >= 4 is 0 Å². The van der Waals surface area contributed by atoms with Crippen molar-refractivity contribution in [3.8, 4) is 0 Å². The summed E-state index contributed by atoms with van der Waals surface area (Å²) in [5, 5.41) is 22.5. The van der Waals surface area contributed by atoms with Crippen LogP contribution < -0.4 is 5.32 Å². The summed E-state index contributed by atoms with van der Waals surface area (Å²) >= 11 is 0. The van der Waals surface area contributed by atoms with Crippen LogP contribution in [0.15, 0.2) is 0 Å². The first-order valence-electron chi connectivity index (χ1n) is 7.91. The minimum absolute atomic E-state index is 0.199. The van der Waals surface area contributed by atoms with E-state index in [9.17, 15) is 10.2 Å². The fraction of sp³-hybridized carbons (Fsp3) is 1.00. The van der Waals surface area contributed by atoms with Crippen LogP contribution in [0.25, 0.3) is 0 Å². The Morgan fingerprint density at radius 2 is 1.95 bits per heavy atom. The molecule has 0 bridgehead atoms. The highest BCUT2D eigenvalue weighted by Crippen LogP contribution is 2.39. The van der Waals surface area contributed by atoms with Crippen molar-refractivity contribution in [2.24, 2.45) is 11.3 Å². The highest BCUT2D eigenvalue weighted by molar-refractivity contribution is 4.88. The molecular formula is C16H33NO2. The average molecular weight is 271 g/mol. The van der Waals surface area contributed by atoms with Crippen LogP contribution in [0.1, 0.15) is 65.7 Å². The Balaban J connectivity index is 1.99. The van der Waals surface area contributed by atoms with E-state index in [4.69, 9.17) is 0 Å². The van der Waals surface area contributed by atoms with Crippen LogP contribution in [0.2, 0.25) is 0 Å². The van der Waals surface area contributed by atoms with E-state index in [0.717, 1.165) is 25.9 Å². The molecule has 3 N–H and O–H groups in total. The Labute approximate surface area is 118 Å². The number of aliphatic hydroxyl groups is 2. The van der Waals surface area contributed by atoms with Gasteiger partial charge in [0.25, 0.3) is 0 Å². The lowest BCUT2D eigenvalue weighted by molar-refractivity contribution is 0.0446. The fourth-order valence-electron chi connectivity index (χ4n) is 2.80. The molecule has 1 aliphatic carbocycles. The first kappa shape index (κ1) is 16.9. The molecule has 0 radical (unpaired) electrons. The summed E-state index contributed by atoms with van der Waals surface area (Å²) in [5.74, 6) is 0.710. The zero-order valence-corrected chi connectivity index (χ0v) is 13.0. The molecule has 1 saturated carbocycles. The first-order chi connectivity index (χ1) is 8.87. The van der Waals surface area contributed by atoms with Crippen LogP contribution in [0.3, 0.4) is 0 Å². The van der Waals surface area contributed by atoms with Crippen LogP contribution >= 0.6 is 0 Å². The van der Waals surface area contributed by atoms with Gasteiger partial charge in [-0.1, -0.05) is 26.2 Å². The lowest BCUT2D eigenvalue weighted by atomic mass is 9.69. The molecule has 0 aliphatic heterocycles. The monoisotopic (exact) mass is 271 g/mol. The van der Waals surface area contributed by atoms with E-state index < -0.39 is 5.60 Å². The third kappa shape index (κ3) is 6.73. The average Bonchev–Trinajstić information content (AvgIpc) is 2.25. The zero-order valence-electron chi connectivity index (χ0n) is 13.0. The van der Waals surface area contributed by atoms with Gasteiger partial charge in [-0.3, -0.25) is 0 Å². The predicted molar refractivity (Wildman–Crippen MR) is 80.2 cm³/mol. The quantitative estimate of drug-likeness (QED) is 0.536. The molecule has 3 heteroatoms. The summed E-state index contributed by atoms with van der Waals surface area (Å²) in [6.07, 6.45) is 8.00. The maximum Gasteiger partial charge on any atom is 0.0591 e. The second-order valence-corrected chi connectivity index (χ2v) is 7.29. The normalized spacial score (nSPS) is 20.1. The van der Waals surface area contributed by atoms with Gasteiger partial charge in [0.2, 0.25) is 0 Å². The molecule has 1 atom stereocenters. The highest BCUT2D eigenvalue weighted by Gasteiger charge is 2.35. The lowest BCUT2D eigenvalue weighted by Crippen LogP contribution is -2.43. The van der Waals surface area contributed by atoms with E-state index in [1.807, 2.05) is 13.8 Å². The van der Waals surface area contributed by atoms with Gasteiger partial charge in [0.15, 0.2) is 0 Å². The molecule has 3 nitrogen and oxygen atoms in total. The molecule has 1 aliphatic rings. The van der Waals surface area contributed by atoms with Gasteiger partial charge in [-0.15, -0.1) is 0 Å². The van der Waals surface area contributed by atoms with Crippen molar-refractivity contribution in [1.82, 2.24) is 5.32 Å². The van der Waals surface area contributed by atoms with Gasteiger partial charge in [0.1, 0.15) is 0 Å². The maximum atomic E-state index is 9.66. The van der Waals surface area contributed by atoms with Crippen molar-refractivity contribution in [3.63, 3.8) is 0 Å². The molecule has 1 unspecified atom stereocenters. The maximum absolute atomic E-state index is 9.66. The van der Waals surface area contributed by atoms with Crippen molar-refractivity contribution in [1.29, 1.82) is 0 Å². The summed E-state index contributed by atoms with van der Waals surface area (Å²) < 4.78 is 0. The molecule has 114 valence electrons. The Morgan fingerprint density at radius 1 is 1.26 bits per heavy atom. The number of hydrogen-bond acceptors (Lipinski definition) is 3. The van der Waals surface area contributed by atoms with E-state index in [2.05, 4.69) is 12.2 Å². The molecule has 0 spiro atoms. The van der Waals surface area contributed by atoms with Gasteiger partial charge in [0, 0.05) is 18.6 Å². The molecular weight excluding hydrogens is 238 g/mol. The second-order valence-electron chi connectivity index (χ2n) is 7.29. The minimum atomic E-state index is -0.518. The van der Waals surface area contributed by atoms with Gasteiger partial charge in [-0.05, 0) is 52.0 Å². The van der Waals surface area contributed by atoms with Crippen LogP contribution in [-0.4, -0.2) is 35.5 Å². The molecule has 0 heterocycles. The third-order valence-electron chi connectivity index (χ3n) is 4.55. The van der Waals surface area contributed by atoms with Crippen LogP contribution in [-0.2, 0) is 0 Å². The number of hydrogen-bond donors (Lipinski definition) is 3. The largest absolute Gasteiger partial charge is 0.396 e. The molecule has 1 fully saturated rings.